The predicted octanol–water partition coefficient (Wildman–Crippen LogP) is 2.81. The molecule has 1 aromatic rings. The quantitative estimate of drug-likeness (QED) is 0.778. The summed E-state index contributed by atoms with van der Waals surface area (Å²) in [6.45, 7) is -0.0845. The first-order chi connectivity index (χ1) is 6.77. The number of rotatable bonds is 4. The van der Waals surface area contributed by atoms with Crippen molar-refractivity contribution >= 4 is 15.9 Å². The Morgan fingerprint density at radius 3 is 2.93 bits per heavy atom. The van der Waals surface area contributed by atoms with E-state index in [0.29, 0.717) is 12.2 Å². The standard InChI is InChI=1S/C10H9BrFNO/c11-10-2-1-8(6-13)5-9(10)7-14-4-3-12/h1-2,5H,3-4,7H2. The van der Waals surface area contributed by atoms with Crippen molar-refractivity contribution in [3.63, 3.8) is 0 Å². The van der Waals surface area contributed by atoms with Crippen LogP contribution in [0.1, 0.15) is 11.1 Å². The monoisotopic (exact) mass is 257 g/mol. The van der Waals surface area contributed by atoms with Crippen molar-refractivity contribution < 1.29 is 9.13 Å². The van der Waals surface area contributed by atoms with Crippen LogP contribution in [-0.4, -0.2) is 13.3 Å². The van der Waals surface area contributed by atoms with Gasteiger partial charge in [-0.3, -0.25) is 0 Å². The highest BCUT2D eigenvalue weighted by atomic mass is 79.9. The largest absolute Gasteiger partial charge is 0.374 e. The van der Waals surface area contributed by atoms with E-state index in [4.69, 9.17) is 10.00 Å². The molecular formula is C10H9BrFNO. The Hall–Kier alpha value is -0.920. The van der Waals surface area contributed by atoms with Crippen LogP contribution in [0.15, 0.2) is 22.7 Å². The summed E-state index contributed by atoms with van der Waals surface area (Å²) < 4.78 is 17.7. The maximum atomic E-state index is 11.8. The van der Waals surface area contributed by atoms with Gasteiger partial charge in [0.25, 0.3) is 0 Å². The summed E-state index contributed by atoms with van der Waals surface area (Å²) in [5.41, 5.74) is 1.43. The minimum absolute atomic E-state index is 0.0865. The summed E-state index contributed by atoms with van der Waals surface area (Å²) >= 11 is 3.33. The van der Waals surface area contributed by atoms with Crippen molar-refractivity contribution in [2.24, 2.45) is 0 Å². The van der Waals surface area contributed by atoms with Gasteiger partial charge >= 0.3 is 0 Å². The Morgan fingerprint density at radius 1 is 1.50 bits per heavy atom. The topological polar surface area (TPSA) is 33.0 Å². The van der Waals surface area contributed by atoms with E-state index in [-0.39, 0.29) is 6.61 Å². The molecule has 1 aromatic carbocycles. The average molecular weight is 258 g/mol. The van der Waals surface area contributed by atoms with E-state index in [1.165, 1.54) is 0 Å². The third kappa shape index (κ3) is 3.09. The van der Waals surface area contributed by atoms with Crippen LogP contribution >= 0.6 is 15.9 Å². The van der Waals surface area contributed by atoms with Gasteiger partial charge in [0.05, 0.1) is 24.8 Å². The van der Waals surface area contributed by atoms with Crippen molar-refractivity contribution in [2.75, 3.05) is 13.3 Å². The molecule has 2 nitrogen and oxygen atoms in total. The van der Waals surface area contributed by atoms with Gasteiger partial charge in [-0.2, -0.15) is 5.26 Å². The van der Waals surface area contributed by atoms with E-state index in [9.17, 15) is 4.39 Å². The molecule has 0 saturated carbocycles. The number of halogens is 2. The number of nitriles is 1. The molecule has 0 heterocycles. The molecule has 0 atom stereocenters. The second kappa shape index (κ2) is 5.74. The molecule has 0 amide bonds. The summed E-state index contributed by atoms with van der Waals surface area (Å²) in [7, 11) is 0. The lowest BCUT2D eigenvalue weighted by Gasteiger charge is -2.04. The summed E-state index contributed by atoms with van der Waals surface area (Å²) in [6.07, 6.45) is 0. The van der Waals surface area contributed by atoms with Gasteiger partial charge in [0.15, 0.2) is 0 Å². The Bertz CT molecular complexity index is 348. The first-order valence-corrected chi connectivity index (χ1v) is 4.89. The maximum Gasteiger partial charge on any atom is 0.113 e. The number of nitrogens with zero attached hydrogens (tertiary/aromatic N) is 1. The first-order valence-electron chi connectivity index (χ1n) is 4.10. The molecule has 0 aliphatic rings. The number of ether oxygens (including phenoxy) is 1. The minimum atomic E-state index is -0.491. The molecule has 74 valence electrons. The Morgan fingerprint density at radius 2 is 2.29 bits per heavy atom. The molecule has 0 spiro atoms. The molecular weight excluding hydrogens is 249 g/mol. The third-order valence-electron chi connectivity index (χ3n) is 1.65. The number of hydrogen-bond donors (Lipinski definition) is 0. The second-order valence-corrected chi connectivity index (χ2v) is 3.51. The lowest BCUT2D eigenvalue weighted by molar-refractivity contribution is 0.106. The van der Waals surface area contributed by atoms with E-state index in [1.54, 1.807) is 18.2 Å². The molecule has 0 fully saturated rings. The van der Waals surface area contributed by atoms with Crippen molar-refractivity contribution in [1.82, 2.24) is 0 Å². The number of benzene rings is 1. The fourth-order valence-electron chi connectivity index (χ4n) is 0.992. The third-order valence-corrected chi connectivity index (χ3v) is 2.43. The van der Waals surface area contributed by atoms with Gasteiger partial charge in [0.2, 0.25) is 0 Å². The lowest BCUT2D eigenvalue weighted by atomic mass is 10.1. The molecule has 0 radical (unpaired) electrons. The fraction of sp³-hybridized carbons (Fsp3) is 0.300. The molecule has 0 aliphatic carbocycles. The van der Waals surface area contributed by atoms with E-state index in [1.807, 2.05) is 6.07 Å². The van der Waals surface area contributed by atoms with Crippen LogP contribution < -0.4 is 0 Å². The summed E-state index contributed by atoms with van der Waals surface area (Å²) in [4.78, 5) is 0. The molecule has 0 aromatic heterocycles. The molecule has 0 bridgehead atoms. The maximum absolute atomic E-state index is 11.8. The summed E-state index contributed by atoms with van der Waals surface area (Å²) in [5, 5.41) is 8.66. The zero-order valence-electron chi connectivity index (χ0n) is 7.46. The van der Waals surface area contributed by atoms with Gasteiger partial charge in [-0.15, -0.1) is 0 Å². The zero-order chi connectivity index (χ0) is 10.4. The molecule has 0 saturated heterocycles. The predicted molar refractivity (Wildman–Crippen MR) is 54.5 cm³/mol. The van der Waals surface area contributed by atoms with Gasteiger partial charge in [-0.25, -0.2) is 4.39 Å². The number of hydrogen-bond acceptors (Lipinski definition) is 2. The Balaban J connectivity index is 2.70. The van der Waals surface area contributed by atoms with Gasteiger partial charge in [-0.05, 0) is 23.8 Å². The fourth-order valence-corrected chi connectivity index (χ4v) is 1.35. The highest BCUT2D eigenvalue weighted by Gasteiger charge is 2.01. The van der Waals surface area contributed by atoms with E-state index in [0.717, 1.165) is 10.0 Å². The Kier molecular flexibility index (Phi) is 4.57. The summed E-state index contributed by atoms with van der Waals surface area (Å²) in [5.74, 6) is 0. The normalized spacial score (nSPS) is 9.79. The molecule has 0 aliphatic heterocycles. The molecule has 0 N–H and O–H groups in total. The van der Waals surface area contributed by atoms with Crippen LogP contribution in [0, 0.1) is 11.3 Å². The van der Waals surface area contributed by atoms with Gasteiger partial charge in [0, 0.05) is 4.47 Å². The molecule has 14 heavy (non-hydrogen) atoms. The highest BCUT2D eigenvalue weighted by Crippen LogP contribution is 2.18. The van der Waals surface area contributed by atoms with E-state index >= 15 is 0 Å². The van der Waals surface area contributed by atoms with Crippen molar-refractivity contribution in [3.05, 3.63) is 33.8 Å². The highest BCUT2D eigenvalue weighted by molar-refractivity contribution is 9.10. The van der Waals surface area contributed by atoms with Crippen LogP contribution in [0.4, 0.5) is 4.39 Å². The van der Waals surface area contributed by atoms with Crippen LogP contribution in [0.3, 0.4) is 0 Å². The van der Waals surface area contributed by atoms with Crippen LogP contribution in [0.5, 0.6) is 0 Å². The van der Waals surface area contributed by atoms with Crippen LogP contribution in [0.2, 0.25) is 0 Å². The molecule has 1 rings (SSSR count). The molecule has 0 unspecified atom stereocenters. The van der Waals surface area contributed by atoms with Crippen molar-refractivity contribution in [1.29, 1.82) is 5.26 Å². The lowest BCUT2D eigenvalue weighted by Crippen LogP contribution is -1.97. The summed E-state index contributed by atoms with van der Waals surface area (Å²) in [6, 6.07) is 7.25. The van der Waals surface area contributed by atoms with Crippen LogP contribution in [-0.2, 0) is 11.3 Å². The average Bonchev–Trinajstić information content (AvgIpc) is 2.21. The van der Waals surface area contributed by atoms with Crippen molar-refractivity contribution in [3.8, 4) is 6.07 Å². The number of alkyl halides is 1. The van der Waals surface area contributed by atoms with Gasteiger partial charge in [-0.1, -0.05) is 15.9 Å². The SMILES string of the molecule is N#Cc1ccc(Br)c(COCCF)c1. The van der Waals surface area contributed by atoms with E-state index in [2.05, 4.69) is 15.9 Å². The Labute approximate surface area is 90.4 Å². The van der Waals surface area contributed by atoms with Gasteiger partial charge < -0.3 is 4.74 Å². The minimum Gasteiger partial charge on any atom is -0.374 e. The second-order valence-electron chi connectivity index (χ2n) is 2.66. The van der Waals surface area contributed by atoms with Crippen molar-refractivity contribution in [2.45, 2.75) is 6.61 Å². The molecule has 4 heteroatoms. The first kappa shape index (κ1) is 11.2. The van der Waals surface area contributed by atoms with E-state index < -0.39 is 6.67 Å². The smallest absolute Gasteiger partial charge is 0.113 e. The van der Waals surface area contributed by atoms with Gasteiger partial charge in [0.1, 0.15) is 6.67 Å². The zero-order valence-corrected chi connectivity index (χ0v) is 9.05. The van der Waals surface area contributed by atoms with Crippen LogP contribution in [0.25, 0.3) is 0 Å².